The predicted molar refractivity (Wildman–Crippen MR) is 93.3 cm³/mol. The van der Waals surface area contributed by atoms with Crippen molar-refractivity contribution in [2.75, 3.05) is 24.5 Å². The standard InChI is InChI=1S/C17H24N4O2S/c22-15(20-8-3-5-12-4-1-2-6-14(12)20)10-13-11-24-17(19-13)21-9-7-18-16(21)23/h11-12,14H,1-10H2,(H,18,23)/t12-,14+/m1/s1. The molecular weight excluding hydrogens is 324 g/mol. The summed E-state index contributed by atoms with van der Waals surface area (Å²) < 4.78 is 0. The molecule has 0 unspecified atom stereocenters. The molecule has 1 aliphatic carbocycles. The molecule has 3 heterocycles. The largest absolute Gasteiger partial charge is 0.339 e. The Balaban J connectivity index is 1.42. The number of nitrogens with zero attached hydrogens (tertiary/aromatic N) is 3. The Morgan fingerprint density at radius 3 is 2.92 bits per heavy atom. The van der Waals surface area contributed by atoms with E-state index in [0.29, 0.717) is 36.6 Å². The minimum absolute atomic E-state index is 0.0942. The van der Waals surface area contributed by atoms with Crippen molar-refractivity contribution in [3.8, 4) is 0 Å². The molecule has 0 spiro atoms. The van der Waals surface area contributed by atoms with Gasteiger partial charge in [0.05, 0.1) is 12.1 Å². The van der Waals surface area contributed by atoms with Crippen LogP contribution in [0.2, 0.25) is 0 Å². The molecule has 1 aromatic rings. The number of rotatable bonds is 3. The zero-order chi connectivity index (χ0) is 16.5. The third-order valence-corrected chi connectivity index (χ3v) is 6.44. The van der Waals surface area contributed by atoms with Gasteiger partial charge in [-0.1, -0.05) is 12.8 Å². The summed E-state index contributed by atoms with van der Waals surface area (Å²) in [5, 5.41) is 5.39. The van der Waals surface area contributed by atoms with Crippen LogP contribution in [-0.4, -0.2) is 47.5 Å². The Morgan fingerprint density at radius 2 is 2.08 bits per heavy atom. The molecule has 4 rings (SSSR count). The first-order valence-electron chi connectivity index (χ1n) is 9.01. The molecule has 2 aliphatic heterocycles. The van der Waals surface area contributed by atoms with Gasteiger partial charge < -0.3 is 10.2 Å². The number of anilines is 1. The number of hydrogen-bond acceptors (Lipinski definition) is 4. The number of amides is 3. The zero-order valence-electron chi connectivity index (χ0n) is 13.9. The highest BCUT2D eigenvalue weighted by Crippen LogP contribution is 2.35. The Morgan fingerprint density at radius 1 is 1.25 bits per heavy atom. The molecule has 3 aliphatic rings. The number of nitrogens with one attached hydrogen (secondary N) is 1. The monoisotopic (exact) mass is 348 g/mol. The number of hydrogen-bond donors (Lipinski definition) is 1. The van der Waals surface area contributed by atoms with E-state index in [9.17, 15) is 9.59 Å². The Labute approximate surface area is 146 Å². The molecule has 130 valence electrons. The molecular formula is C17H24N4O2S. The van der Waals surface area contributed by atoms with Crippen molar-refractivity contribution in [2.45, 2.75) is 51.0 Å². The molecule has 2 saturated heterocycles. The van der Waals surface area contributed by atoms with Gasteiger partial charge in [0, 0.05) is 31.1 Å². The van der Waals surface area contributed by atoms with Crippen LogP contribution < -0.4 is 10.2 Å². The lowest BCUT2D eigenvalue weighted by molar-refractivity contribution is -0.136. The van der Waals surface area contributed by atoms with Gasteiger partial charge in [0.2, 0.25) is 5.91 Å². The van der Waals surface area contributed by atoms with Crippen LogP contribution in [0, 0.1) is 5.92 Å². The SMILES string of the molecule is O=C1NCCN1c1nc(CC(=O)N2CCC[C@H]3CCCC[C@@H]32)cs1. The fraction of sp³-hybridized carbons (Fsp3) is 0.706. The van der Waals surface area contributed by atoms with E-state index in [1.165, 1.54) is 37.0 Å². The molecule has 1 saturated carbocycles. The van der Waals surface area contributed by atoms with E-state index in [2.05, 4.69) is 15.2 Å². The smallest absolute Gasteiger partial charge is 0.323 e. The molecule has 0 bridgehead atoms. The molecule has 7 heteroatoms. The van der Waals surface area contributed by atoms with Crippen LogP contribution in [0.4, 0.5) is 9.93 Å². The minimum Gasteiger partial charge on any atom is -0.339 e. The number of aromatic nitrogens is 1. The summed E-state index contributed by atoms with van der Waals surface area (Å²) >= 11 is 1.45. The van der Waals surface area contributed by atoms with Gasteiger partial charge in [-0.3, -0.25) is 9.69 Å². The van der Waals surface area contributed by atoms with Gasteiger partial charge in [0.15, 0.2) is 5.13 Å². The first kappa shape index (κ1) is 15.9. The van der Waals surface area contributed by atoms with Gasteiger partial charge in [-0.15, -0.1) is 11.3 Å². The number of carbonyl (C=O) groups excluding carboxylic acids is 2. The molecule has 2 atom stereocenters. The third-order valence-electron chi connectivity index (χ3n) is 5.52. The summed E-state index contributed by atoms with van der Waals surface area (Å²) in [6, 6.07) is 0.353. The van der Waals surface area contributed by atoms with Crippen LogP contribution in [-0.2, 0) is 11.2 Å². The van der Waals surface area contributed by atoms with Gasteiger partial charge in [0.25, 0.3) is 0 Å². The average molecular weight is 348 g/mol. The molecule has 3 amide bonds. The second-order valence-corrected chi connectivity index (χ2v) is 7.86. The average Bonchev–Trinajstić information content (AvgIpc) is 3.23. The molecule has 1 N–H and O–H groups in total. The highest BCUT2D eigenvalue weighted by molar-refractivity contribution is 7.14. The summed E-state index contributed by atoms with van der Waals surface area (Å²) in [6.07, 6.45) is 7.76. The number of piperidine rings is 1. The van der Waals surface area contributed by atoms with E-state index in [0.717, 1.165) is 25.1 Å². The topological polar surface area (TPSA) is 65.5 Å². The Hall–Kier alpha value is -1.63. The first-order chi connectivity index (χ1) is 11.7. The molecule has 6 nitrogen and oxygen atoms in total. The van der Waals surface area contributed by atoms with E-state index in [4.69, 9.17) is 0 Å². The Kier molecular flexibility index (Phi) is 4.43. The van der Waals surface area contributed by atoms with Crippen molar-refractivity contribution in [3.63, 3.8) is 0 Å². The molecule has 1 aromatic heterocycles. The lowest BCUT2D eigenvalue weighted by atomic mass is 9.78. The third kappa shape index (κ3) is 3.01. The number of carbonyl (C=O) groups is 2. The molecule has 3 fully saturated rings. The molecule has 0 radical (unpaired) electrons. The second-order valence-electron chi connectivity index (χ2n) is 7.02. The van der Waals surface area contributed by atoms with Crippen LogP contribution in [0.25, 0.3) is 0 Å². The fourth-order valence-corrected chi connectivity index (χ4v) is 5.20. The van der Waals surface area contributed by atoms with Crippen molar-refractivity contribution in [3.05, 3.63) is 11.1 Å². The number of urea groups is 1. The van der Waals surface area contributed by atoms with Gasteiger partial charge in [-0.2, -0.15) is 0 Å². The summed E-state index contributed by atoms with van der Waals surface area (Å²) in [4.78, 5) is 32.8. The van der Waals surface area contributed by atoms with Crippen molar-refractivity contribution in [1.82, 2.24) is 15.2 Å². The van der Waals surface area contributed by atoms with E-state index >= 15 is 0 Å². The van der Waals surface area contributed by atoms with Crippen LogP contribution in [0.1, 0.15) is 44.2 Å². The van der Waals surface area contributed by atoms with Gasteiger partial charge >= 0.3 is 6.03 Å². The van der Waals surface area contributed by atoms with Crippen LogP contribution in [0.5, 0.6) is 0 Å². The van der Waals surface area contributed by atoms with E-state index in [1.54, 1.807) is 4.90 Å². The predicted octanol–water partition coefficient (Wildman–Crippen LogP) is 2.40. The minimum atomic E-state index is -0.0942. The maximum Gasteiger partial charge on any atom is 0.323 e. The normalized spacial score (nSPS) is 27.1. The van der Waals surface area contributed by atoms with Crippen molar-refractivity contribution >= 4 is 28.4 Å². The zero-order valence-corrected chi connectivity index (χ0v) is 14.7. The van der Waals surface area contributed by atoms with Crippen LogP contribution in [0.3, 0.4) is 0 Å². The van der Waals surface area contributed by atoms with Crippen molar-refractivity contribution in [1.29, 1.82) is 0 Å². The van der Waals surface area contributed by atoms with E-state index < -0.39 is 0 Å². The summed E-state index contributed by atoms with van der Waals surface area (Å²) in [5.74, 6) is 0.907. The lowest BCUT2D eigenvalue weighted by Crippen LogP contribution is -2.50. The van der Waals surface area contributed by atoms with Gasteiger partial charge in [-0.25, -0.2) is 9.78 Å². The quantitative estimate of drug-likeness (QED) is 0.912. The first-order valence-corrected chi connectivity index (χ1v) is 9.89. The molecule has 0 aromatic carbocycles. The van der Waals surface area contributed by atoms with Crippen molar-refractivity contribution < 1.29 is 9.59 Å². The maximum absolute atomic E-state index is 12.8. The van der Waals surface area contributed by atoms with Crippen molar-refractivity contribution in [2.24, 2.45) is 5.92 Å². The maximum atomic E-state index is 12.8. The van der Waals surface area contributed by atoms with E-state index in [-0.39, 0.29) is 11.9 Å². The summed E-state index contributed by atoms with van der Waals surface area (Å²) in [5.41, 5.74) is 0.789. The van der Waals surface area contributed by atoms with Gasteiger partial charge in [-0.05, 0) is 31.6 Å². The summed E-state index contributed by atoms with van der Waals surface area (Å²) in [6.45, 7) is 2.20. The highest BCUT2D eigenvalue weighted by atomic mass is 32.1. The lowest BCUT2D eigenvalue weighted by Gasteiger charge is -2.44. The van der Waals surface area contributed by atoms with Crippen LogP contribution in [0.15, 0.2) is 5.38 Å². The highest BCUT2D eigenvalue weighted by Gasteiger charge is 2.35. The Bertz CT molecular complexity index is 630. The number of likely N-dealkylation sites (tertiary alicyclic amines) is 1. The number of thiazole rings is 1. The van der Waals surface area contributed by atoms with Gasteiger partial charge in [0.1, 0.15) is 0 Å². The second kappa shape index (κ2) is 6.70. The fourth-order valence-electron chi connectivity index (χ4n) is 4.35. The van der Waals surface area contributed by atoms with E-state index in [1.807, 2.05) is 5.38 Å². The van der Waals surface area contributed by atoms with Crippen LogP contribution >= 0.6 is 11.3 Å². The molecule has 24 heavy (non-hydrogen) atoms. The number of fused-ring (bicyclic) bond motifs is 1. The summed E-state index contributed by atoms with van der Waals surface area (Å²) in [7, 11) is 0.